The van der Waals surface area contributed by atoms with Gasteiger partial charge in [0.25, 0.3) is 5.91 Å². The van der Waals surface area contributed by atoms with Gasteiger partial charge in [-0.1, -0.05) is 20.8 Å². The maximum Gasteiger partial charge on any atom is 0.253 e. The Balaban J connectivity index is 1.95. The Morgan fingerprint density at radius 1 is 1.17 bits per heavy atom. The molecule has 0 atom stereocenters. The fourth-order valence-electron chi connectivity index (χ4n) is 4.32. The maximum atomic E-state index is 13.4. The highest BCUT2D eigenvalue weighted by atomic mass is 16.5. The molecule has 0 saturated heterocycles. The van der Waals surface area contributed by atoms with Crippen LogP contribution < -0.4 is 19.7 Å². The molecule has 1 aliphatic rings. The SMILES string of the molecule is CCOc1cc(C(=O)CN2Cc3cc(N(C)C)c(C(=O)NC)cc3C2=N)cc(C(C)(C)C)c1OC. The van der Waals surface area contributed by atoms with Gasteiger partial charge < -0.3 is 24.6 Å². The van der Waals surface area contributed by atoms with Gasteiger partial charge in [-0.3, -0.25) is 15.0 Å². The minimum Gasteiger partial charge on any atom is -0.493 e. The van der Waals surface area contributed by atoms with Crippen molar-refractivity contribution < 1.29 is 19.1 Å². The molecular formula is C27H36N4O4. The van der Waals surface area contributed by atoms with Crippen molar-refractivity contribution in [1.82, 2.24) is 10.2 Å². The van der Waals surface area contributed by atoms with Crippen molar-refractivity contribution in [3.05, 3.63) is 52.1 Å². The molecule has 1 heterocycles. The van der Waals surface area contributed by atoms with Crippen molar-refractivity contribution in [2.24, 2.45) is 0 Å². The molecule has 1 amide bonds. The Hall–Kier alpha value is -3.55. The molecule has 2 N–H and O–H groups in total. The summed E-state index contributed by atoms with van der Waals surface area (Å²) in [5.74, 6) is 1.08. The summed E-state index contributed by atoms with van der Waals surface area (Å²) >= 11 is 0. The Kier molecular flexibility index (Phi) is 7.43. The average Bonchev–Trinajstić information content (AvgIpc) is 3.10. The van der Waals surface area contributed by atoms with E-state index < -0.39 is 0 Å². The van der Waals surface area contributed by atoms with Crippen LogP contribution >= 0.6 is 0 Å². The summed E-state index contributed by atoms with van der Waals surface area (Å²) in [5, 5.41) is 11.4. The Morgan fingerprint density at radius 2 is 1.86 bits per heavy atom. The number of amidine groups is 1. The molecule has 3 rings (SSSR count). The lowest BCUT2D eigenvalue weighted by Crippen LogP contribution is -2.30. The van der Waals surface area contributed by atoms with Gasteiger partial charge in [0.1, 0.15) is 5.84 Å². The largest absolute Gasteiger partial charge is 0.493 e. The molecule has 35 heavy (non-hydrogen) atoms. The minimum absolute atomic E-state index is 0.0432. The van der Waals surface area contributed by atoms with Gasteiger partial charge in [0, 0.05) is 50.1 Å². The van der Waals surface area contributed by atoms with Gasteiger partial charge in [-0.2, -0.15) is 0 Å². The fraction of sp³-hybridized carbons (Fsp3) is 0.444. The highest BCUT2D eigenvalue weighted by Gasteiger charge is 2.30. The average molecular weight is 481 g/mol. The normalized spacial score (nSPS) is 12.9. The molecule has 188 valence electrons. The Morgan fingerprint density at radius 3 is 2.40 bits per heavy atom. The number of nitrogens with one attached hydrogen (secondary N) is 2. The number of amides is 1. The van der Waals surface area contributed by atoms with Gasteiger partial charge in [-0.05, 0) is 42.2 Å². The minimum atomic E-state index is -0.261. The molecule has 0 saturated carbocycles. The van der Waals surface area contributed by atoms with Gasteiger partial charge in [-0.15, -0.1) is 0 Å². The number of Topliss-reactive ketones (excluding diaryl/α,β-unsaturated/α-hetero) is 1. The topological polar surface area (TPSA) is 95.0 Å². The number of benzene rings is 2. The molecule has 0 unspecified atom stereocenters. The van der Waals surface area contributed by atoms with Crippen LogP contribution in [0.1, 0.15) is 65.1 Å². The second-order valence-corrected chi connectivity index (χ2v) is 9.87. The van der Waals surface area contributed by atoms with Crippen LogP contribution in [0.15, 0.2) is 24.3 Å². The molecule has 0 aliphatic carbocycles. The lowest BCUT2D eigenvalue weighted by Gasteiger charge is -2.25. The molecule has 1 aliphatic heterocycles. The van der Waals surface area contributed by atoms with Crippen molar-refractivity contribution >= 4 is 23.2 Å². The second kappa shape index (κ2) is 9.98. The molecule has 0 aromatic heterocycles. The van der Waals surface area contributed by atoms with Crippen LogP contribution in [-0.4, -0.2) is 63.8 Å². The third-order valence-electron chi connectivity index (χ3n) is 6.13. The lowest BCUT2D eigenvalue weighted by atomic mass is 9.84. The van der Waals surface area contributed by atoms with Crippen molar-refractivity contribution in [2.45, 2.75) is 39.7 Å². The van der Waals surface area contributed by atoms with Crippen LogP contribution in [-0.2, 0) is 12.0 Å². The first-order valence-corrected chi connectivity index (χ1v) is 11.7. The standard InChI is InChI=1S/C27H36N4O4/c1-9-35-23-12-16(10-20(24(23)34-8)27(2,3)4)22(32)15-31-14-17-11-21(30(6)7)19(26(33)29-5)13-18(17)25(31)28/h10-13,28H,9,14-15H2,1-8H3,(H,29,33). The number of rotatable bonds is 8. The number of carbonyl (C=O) groups is 2. The molecule has 0 fully saturated rings. The van der Waals surface area contributed by atoms with E-state index in [1.54, 1.807) is 31.2 Å². The van der Waals surface area contributed by atoms with Crippen LogP contribution in [0, 0.1) is 5.41 Å². The Labute approximate surface area is 207 Å². The number of methoxy groups -OCH3 is 1. The zero-order valence-electron chi connectivity index (χ0n) is 22.0. The highest BCUT2D eigenvalue weighted by Crippen LogP contribution is 2.40. The summed E-state index contributed by atoms with van der Waals surface area (Å²) in [6, 6.07) is 7.26. The smallest absolute Gasteiger partial charge is 0.253 e. The van der Waals surface area contributed by atoms with E-state index in [4.69, 9.17) is 14.9 Å². The van der Waals surface area contributed by atoms with Gasteiger partial charge in [-0.25, -0.2) is 0 Å². The van der Waals surface area contributed by atoms with Crippen LogP contribution in [0.4, 0.5) is 5.69 Å². The third-order valence-corrected chi connectivity index (χ3v) is 6.13. The summed E-state index contributed by atoms with van der Waals surface area (Å²) < 4.78 is 11.4. The van der Waals surface area contributed by atoms with Crippen molar-refractivity contribution in [3.8, 4) is 11.5 Å². The van der Waals surface area contributed by atoms with Crippen LogP contribution in [0.25, 0.3) is 0 Å². The highest BCUT2D eigenvalue weighted by molar-refractivity contribution is 6.08. The summed E-state index contributed by atoms with van der Waals surface area (Å²) in [6.45, 7) is 9.00. The number of ether oxygens (including phenoxy) is 2. The third kappa shape index (κ3) is 5.11. The first-order valence-electron chi connectivity index (χ1n) is 11.7. The second-order valence-electron chi connectivity index (χ2n) is 9.87. The van der Waals surface area contributed by atoms with E-state index in [1.165, 1.54) is 0 Å². The quantitative estimate of drug-likeness (QED) is 0.558. The molecule has 2 aromatic rings. The maximum absolute atomic E-state index is 13.4. The summed E-state index contributed by atoms with van der Waals surface area (Å²) in [4.78, 5) is 29.5. The van der Waals surface area contributed by atoms with Gasteiger partial charge in [0.05, 0.1) is 25.8 Å². The van der Waals surface area contributed by atoms with E-state index in [9.17, 15) is 9.59 Å². The number of nitrogens with zero attached hydrogens (tertiary/aromatic N) is 2. The van der Waals surface area contributed by atoms with E-state index in [1.807, 2.05) is 38.1 Å². The number of anilines is 1. The number of fused-ring (bicyclic) bond motifs is 1. The van der Waals surface area contributed by atoms with Crippen molar-refractivity contribution in [1.29, 1.82) is 5.41 Å². The van der Waals surface area contributed by atoms with E-state index in [2.05, 4.69) is 26.1 Å². The molecule has 2 aromatic carbocycles. The van der Waals surface area contributed by atoms with Crippen LogP contribution in [0.5, 0.6) is 11.5 Å². The predicted molar refractivity (Wildman–Crippen MR) is 139 cm³/mol. The van der Waals surface area contributed by atoms with Gasteiger partial charge in [0.2, 0.25) is 0 Å². The van der Waals surface area contributed by atoms with Gasteiger partial charge in [0.15, 0.2) is 17.3 Å². The first kappa shape index (κ1) is 26.1. The van der Waals surface area contributed by atoms with Crippen molar-refractivity contribution in [3.63, 3.8) is 0 Å². The Bertz CT molecular complexity index is 1160. The first-order chi connectivity index (χ1) is 16.4. The van der Waals surface area contributed by atoms with Gasteiger partial charge >= 0.3 is 0 Å². The number of ketones is 1. The van der Waals surface area contributed by atoms with Crippen molar-refractivity contribution in [2.75, 3.05) is 46.3 Å². The number of hydrogen-bond donors (Lipinski definition) is 2. The summed E-state index contributed by atoms with van der Waals surface area (Å²) in [5.41, 5.74) is 4.00. The zero-order valence-corrected chi connectivity index (χ0v) is 22.0. The molecular weight excluding hydrogens is 444 g/mol. The molecule has 0 spiro atoms. The summed E-state index contributed by atoms with van der Waals surface area (Å²) in [6.07, 6.45) is 0. The zero-order chi connectivity index (χ0) is 26.1. The van der Waals surface area contributed by atoms with E-state index in [-0.39, 0.29) is 29.5 Å². The van der Waals surface area contributed by atoms with Crippen LogP contribution in [0.3, 0.4) is 0 Å². The molecule has 0 bridgehead atoms. The number of carbonyl (C=O) groups excluding carboxylic acids is 2. The number of hydrogen-bond acceptors (Lipinski definition) is 6. The monoisotopic (exact) mass is 480 g/mol. The van der Waals surface area contributed by atoms with E-state index >= 15 is 0 Å². The molecule has 0 radical (unpaired) electrons. The predicted octanol–water partition coefficient (Wildman–Crippen LogP) is 3.84. The van der Waals surface area contributed by atoms with E-state index in [0.717, 1.165) is 16.8 Å². The van der Waals surface area contributed by atoms with E-state index in [0.29, 0.717) is 41.3 Å². The summed E-state index contributed by atoms with van der Waals surface area (Å²) in [7, 11) is 6.94. The fourth-order valence-corrected chi connectivity index (χ4v) is 4.32. The van der Waals surface area contributed by atoms with Crippen LogP contribution in [0.2, 0.25) is 0 Å². The molecule has 8 nitrogen and oxygen atoms in total. The lowest BCUT2D eigenvalue weighted by molar-refractivity contribution is 0.0955. The molecule has 8 heteroatoms.